The van der Waals surface area contributed by atoms with E-state index in [1.807, 2.05) is 0 Å². The number of nitrogens with zero attached hydrogens (tertiary/aromatic N) is 5. The highest BCUT2D eigenvalue weighted by Crippen LogP contribution is 2.43. The van der Waals surface area contributed by atoms with Crippen molar-refractivity contribution in [1.29, 1.82) is 0 Å². The molecule has 3 heterocycles. The number of ether oxygens (including phenoxy) is 1. The molecule has 2 aromatic carbocycles. The molecule has 1 saturated heterocycles. The normalized spacial score (nSPS) is 17.8. The van der Waals surface area contributed by atoms with E-state index in [4.69, 9.17) is 16.3 Å². The predicted octanol–water partition coefficient (Wildman–Crippen LogP) is 5.97. The lowest BCUT2D eigenvalue weighted by Gasteiger charge is -2.38. The molecule has 0 aliphatic carbocycles. The monoisotopic (exact) mass is 525 g/mol. The molecule has 10 heteroatoms. The molecule has 0 amide bonds. The van der Waals surface area contributed by atoms with Crippen molar-refractivity contribution >= 4 is 28.3 Å². The number of piperidine rings is 1. The Hall–Kier alpha value is -3.59. The molecule has 37 heavy (non-hydrogen) atoms. The Kier molecular flexibility index (Phi) is 7.06. The standard InChI is InChI=1S/C27H26ClF2N5O2/c1-15-7-8-16(2)35(14-15)26-17-13-18(28)22(23-19(29)5-3-6-20(23)36)24(30)25(17)33-27(34-26)37-12-9-21-31-10-4-11-32-21/h3-6,10-11,13,15-16,36H,7-9,12,14H2,1-2H3/t15-,16-/m1/s1. The molecule has 0 saturated carbocycles. The number of hydrogen-bond acceptors (Lipinski definition) is 7. The molecule has 4 aromatic rings. The number of hydrogen-bond donors (Lipinski definition) is 1. The van der Waals surface area contributed by atoms with Gasteiger partial charge in [-0.2, -0.15) is 9.97 Å². The highest BCUT2D eigenvalue weighted by Gasteiger charge is 2.29. The fourth-order valence-corrected chi connectivity index (χ4v) is 5.00. The van der Waals surface area contributed by atoms with Gasteiger partial charge in [0.05, 0.1) is 17.2 Å². The topological polar surface area (TPSA) is 84.3 Å². The van der Waals surface area contributed by atoms with Crippen molar-refractivity contribution in [3.05, 3.63) is 65.2 Å². The number of fused-ring (bicyclic) bond motifs is 1. The van der Waals surface area contributed by atoms with Gasteiger partial charge in [0.1, 0.15) is 28.7 Å². The first-order valence-corrected chi connectivity index (χ1v) is 12.5. The summed E-state index contributed by atoms with van der Waals surface area (Å²) >= 11 is 6.52. The summed E-state index contributed by atoms with van der Waals surface area (Å²) in [6, 6.07) is 7.14. The average molecular weight is 526 g/mol. The van der Waals surface area contributed by atoms with Gasteiger partial charge in [-0.25, -0.2) is 18.7 Å². The number of aromatic nitrogens is 4. The maximum atomic E-state index is 16.1. The van der Waals surface area contributed by atoms with Crippen LogP contribution in [-0.2, 0) is 6.42 Å². The Bertz CT molecular complexity index is 1420. The second-order valence-corrected chi connectivity index (χ2v) is 9.76. The molecule has 1 N–H and O–H groups in total. The van der Waals surface area contributed by atoms with Gasteiger partial charge in [0.2, 0.25) is 0 Å². The summed E-state index contributed by atoms with van der Waals surface area (Å²) in [6.45, 7) is 5.15. The first-order valence-electron chi connectivity index (χ1n) is 12.2. The Labute approximate surface area is 218 Å². The van der Waals surface area contributed by atoms with Crippen molar-refractivity contribution in [1.82, 2.24) is 19.9 Å². The van der Waals surface area contributed by atoms with Crippen LogP contribution in [0.1, 0.15) is 32.5 Å². The summed E-state index contributed by atoms with van der Waals surface area (Å²) < 4.78 is 36.7. The zero-order valence-electron chi connectivity index (χ0n) is 20.5. The van der Waals surface area contributed by atoms with E-state index in [1.165, 1.54) is 18.2 Å². The first kappa shape index (κ1) is 25.1. The maximum absolute atomic E-state index is 16.1. The Balaban J connectivity index is 1.64. The third-order valence-electron chi connectivity index (χ3n) is 6.65. The van der Waals surface area contributed by atoms with Gasteiger partial charge in [0.15, 0.2) is 5.82 Å². The van der Waals surface area contributed by atoms with Crippen molar-refractivity contribution in [3.8, 4) is 22.9 Å². The van der Waals surface area contributed by atoms with Gasteiger partial charge in [-0.15, -0.1) is 0 Å². The van der Waals surface area contributed by atoms with E-state index in [0.29, 0.717) is 29.4 Å². The van der Waals surface area contributed by atoms with E-state index < -0.39 is 17.4 Å². The van der Waals surface area contributed by atoms with Gasteiger partial charge in [-0.3, -0.25) is 0 Å². The fourth-order valence-electron chi connectivity index (χ4n) is 4.71. The second-order valence-electron chi connectivity index (χ2n) is 9.35. The number of benzene rings is 2. The van der Waals surface area contributed by atoms with Gasteiger partial charge in [-0.05, 0) is 49.9 Å². The van der Waals surface area contributed by atoms with Crippen LogP contribution in [0.15, 0.2) is 42.7 Å². The smallest absolute Gasteiger partial charge is 0.319 e. The van der Waals surface area contributed by atoms with E-state index in [-0.39, 0.29) is 40.3 Å². The molecule has 0 spiro atoms. The summed E-state index contributed by atoms with van der Waals surface area (Å²) in [6.07, 6.45) is 5.72. The van der Waals surface area contributed by atoms with Crippen LogP contribution in [0.3, 0.4) is 0 Å². The van der Waals surface area contributed by atoms with E-state index in [0.717, 1.165) is 25.5 Å². The van der Waals surface area contributed by atoms with Crippen LogP contribution in [0.2, 0.25) is 5.02 Å². The van der Waals surface area contributed by atoms with Crippen molar-refractivity contribution in [2.24, 2.45) is 5.92 Å². The van der Waals surface area contributed by atoms with E-state index >= 15 is 4.39 Å². The van der Waals surface area contributed by atoms with Gasteiger partial charge < -0.3 is 14.7 Å². The molecule has 1 aliphatic heterocycles. The van der Waals surface area contributed by atoms with Crippen LogP contribution in [-0.4, -0.2) is 44.2 Å². The third kappa shape index (κ3) is 5.00. The highest BCUT2D eigenvalue weighted by molar-refractivity contribution is 6.34. The van der Waals surface area contributed by atoms with Crippen molar-refractivity contribution in [3.63, 3.8) is 0 Å². The van der Waals surface area contributed by atoms with Gasteiger partial charge >= 0.3 is 6.01 Å². The third-order valence-corrected chi connectivity index (χ3v) is 6.95. The molecule has 7 nitrogen and oxygen atoms in total. The average Bonchev–Trinajstić information content (AvgIpc) is 2.88. The summed E-state index contributed by atoms with van der Waals surface area (Å²) in [7, 11) is 0. The van der Waals surface area contributed by atoms with E-state index in [2.05, 4.69) is 38.7 Å². The summed E-state index contributed by atoms with van der Waals surface area (Å²) in [5, 5.41) is 10.7. The van der Waals surface area contributed by atoms with Crippen LogP contribution >= 0.6 is 11.6 Å². The number of phenolic OH excluding ortho intramolecular Hbond substituents is 1. The zero-order valence-corrected chi connectivity index (χ0v) is 21.2. The summed E-state index contributed by atoms with van der Waals surface area (Å²) in [4.78, 5) is 19.5. The van der Waals surface area contributed by atoms with E-state index in [9.17, 15) is 9.50 Å². The van der Waals surface area contributed by atoms with Crippen LogP contribution < -0.4 is 9.64 Å². The van der Waals surface area contributed by atoms with Gasteiger partial charge in [-0.1, -0.05) is 24.6 Å². The summed E-state index contributed by atoms with van der Waals surface area (Å²) in [5.41, 5.74) is -0.655. The fraction of sp³-hybridized carbons (Fsp3) is 0.333. The SMILES string of the molecule is C[C@@H]1CC[C@@H](C)N(c2nc(OCCc3ncccn3)nc3c(F)c(-c4c(O)cccc4F)c(Cl)cc23)C1. The summed E-state index contributed by atoms with van der Waals surface area (Å²) in [5.74, 6) is -0.576. The minimum Gasteiger partial charge on any atom is -0.507 e. The minimum atomic E-state index is -0.861. The predicted molar refractivity (Wildman–Crippen MR) is 138 cm³/mol. The number of anilines is 1. The Morgan fingerprint density at radius 1 is 1.08 bits per heavy atom. The lowest BCUT2D eigenvalue weighted by Crippen LogP contribution is -2.41. The molecule has 2 aromatic heterocycles. The van der Waals surface area contributed by atoms with Crippen LogP contribution in [0.4, 0.5) is 14.6 Å². The Morgan fingerprint density at radius 3 is 2.62 bits per heavy atom. The minimum absolute atomic E-state index is 0.0196. The molecule has 2 atom stereocenters. The lowest BCUT2D eigenvalue weighted by molar-refractivity contribution is 0.294. The van der Waals surface area contributed by atoms with Gasteiger partial charge in [0.25, 0.3) is 0 Å². The number of rotatable bonds is 6. The molecule has 0 radical (unpaired) electrons. The molecular weight excluding hydrogens is 500 g/mol. The molecule has 0 bridgehead atoms. The molecule has 1 aliphatic rings. The molecule has 0 unspecified atom stereocenters. The number of halogens is 3. The van der Waals surface area contributed by atoms with Crippen molar-refractivity contribution in [2.75, 3.05) is 18.1 Å². The van der Waals surface area contributed by atoms with Crippen LogP contribution in [0, 0.1) is 17.6 Å². The Morgan fingerprint density at radius 2 is 1.86 bits per heavy atom. The quantitative estimate of drug-likeness (QED) is 0.332. The molecule has 192 valence electrons. The van der Waals surface area contributed by atoms with E-state index in [1.54, 1.807) is 18.5 Å². The van der Waals surface area contributed by atoms with Crippen molar-refractivity contribution < 1.29 is 18.6 Å². The molecule has 1 fully saturated rings. The van der Waals surface area contributed by atoms with Crippen LogP contribution in [0.5, 0.6) is 11.8 Å². The zero-order chi connectivity index (χ0) is 26.1. The number of phenols is 1. The molecular formula is C27H26ClF2N5O2. The lowest BCUT2D eigenvalue weighted by atomic mass is 9.94. The van der Waals surface area contributed by atoms with Crippen LogP contribution in [0.25, 0.3) is 22.0 Å². The first-order chi connectivity index (χ1) is 17.8. The molecule has 5 rings (SSSR count). The second kappa shape index (κ2) is 10.4. The highest BCUT2D eigenvalue weighted by atomic mass is 35.5. The number of aromatic hydroxyl groups is 1. The largest absolute Gasteiger partial charge is 0.507 e. The maximum Gasteiger partial charge on any atom is 0.319 e. The van der Waals surface area contributed by atoms with Crippen molar-refractivity contribution in [2.45, 2.75) is 39.2 Å². The van der Waals surface area contributed by atoms with Gasteiger partial charge in [0, 0.05) is 42.4 Å².